The summed E-state index contributed by atoms with van der Waals surface area (Å²) in [6.07, 6.45) is 0. The predicted molar refractivity (Wildman–Crippen MR) is 41.0 cm³/mol. The van der Waals surface area contributed by atoms with Gasteiger partial charge in [0.05, 0.1) is 12.7 Å². The number of esters is 1. The van der Waals surface area contributed by atoms with E-state index in [0.29, 0.717) is 0 Å². The Hall–Kier alpha value is -1.85. The van der Waals surface area contributed by atoms with E-state index >= 15 is 0 Å². The van der Waals surface area contributed by atoms with Crippen molar-refractivity contribution in [2.24, 2.45) is 0 Å². The van der Waals surface area contributed by atoms with Crippen LogP contribution < -0.4 is 10.6 Å². The molecule has 1 aliphatic heterocycles. The lowest BCUT2D eigenvalue weighted by atomic mass is 10.3. The van der Waals surface area contributed by atoms with Crippen LogP contribution in [0.25, 0.3) is 0 Å². The second kappa shape index (κ2) is 3.26. The first-order chi connectivity index (χ1) is 6.06. The Bertz CT molecular complexity index is 300. The molecule has 0 aromatic carbocycles. The van der Waals surface area contributed by atoms with E-state index in [2.05, 4.69) is 15.4 Å². The summed E-state index contributed by atoms with van der Waals surface area (Å²) in [5.41, 5.74) is 0.154. The van der Waals surface area contributed by atoms with E-state index in [-0.39, 0.29) is 11.4 Å². The van der Waals surface area contributed by atoms with Gasteiger partial charge in [0.1, 0.15) is 5.82 Å². The first-order valence-electron chi connectivity index (χ1n) is 3.47. The van der Waals surface area contributed by atoms with Crippen LogP contribution in [-0.2, 0) is 19.1 Å². The van der Waals surface area contributed by atoms with Crippen molar-refractivity contribution in [2.75, 3.05) is 7.11 Å². The van der Waals surface area contributed by atoms with Crippen molar-refractivity contribution in [1.82, 2.24) is 10.6 Å². The van der Waals surface area contributed by atoms with Crippen molar-refractivity contribution >= 4 is 17.8 Å². The van der Waals surface area contributed by atoms with Crippen LogP contribution in [0.1, 0.15) is 6.92 Å². The van der Waals surface area contributed by atoms with Crippen molar-refractivity contribution < 1.29 is 19.1 Å². The maximum Gasteiger partial charge on any atom is 0.337 e. The molecule has 1 heterocycles. The van der Waals surface area contributed by atoms with Gasteiger partial charge >= 0.3 is 17.8 Å². The van der Waals surface area contributed by atoms with Crippen molar-refractivity contribution in [2.45, 2.75) is 6.92 Å². The molecule has 0 unspecified atom stereocenters. The summed E-state index contributed by atoms with van der Waals surface area (Å²) in [5, 5.41) is 4.40. The van der Waals surface area contributed by atoms with Crippen LogP contribution in [0.5, 0.6) is 0 Å². The minimum atomic E-state index is -0.779. The Kier molecular flexibility index (Phi) is 2.32. The van der Waals surface area contributed by atoms with E-state index in [4.69, 9.17) is 0 Å². The third kappa shape index (κ3) is 1.66. The lowest BCUT2D eigenvalue weighted by molar-refractivity contribution is -0.136. The van der Waals surface area contributed by atoms with Gasteiger partial charge in [-0.1, -0.05) is 0 Å². The first-order valence-corrected chi connectivity index (χ1v) is 3.47. The molecule has 0 bridgehead atoms. The van der Waals surface area contributed by atoms with Gasteiger partial charge in [-0.25, -0.2) is 4.79 Å². The molecule has 0 aromatic rings. The van der Waals surface area contributed by atoms with Gasteiger partial charge in [0.2, 0.25) is 0 Å². The number of hydrogen-bond acceptors (Lipinski definition) is 4. The highest BCUT2D eigenvalue weighted by atomic mass is 16.5. The zero-order chi connectivity index (χ0) is 10.0. The largest absolute Gasteiger partial charge is 0.466 e. The van der Waals surface area contributed by atoms with E-state index in [1.165, 1.54) is 14.0 Å². The van der Waals surface area contributed by atoms with Crippen LogP contribution >= 0.6 is 0 Å². The average molecular weight is 184 g/mol. The Morgan fingerprint density at radius 2 is 1.69 bits per heavy atom. The lowest BCUT2D eigenvalue weighted by Crippen LogP contribution is -2.19. The molecule has 1 rings (SSSR count). The molecule has 0 radical (unpaired) electrons. The van der Waals surface area contributed by atoms with Crippen LogP contribution in [0.4, 0.5) is 0 Å². The van der Waals surface area contributed by atoms with Gasteiger partial charge in [0, 0.05) is 0 Å². The topological polar surface area (TPSA) is 84.5 Å². The highest BCUT2D eigenvalue weighted by molar-refractivity contribution is 6.38. The Morgan fingerprint density at radius 3 is 2.08 bits per heavy atom. The molecule has 0 aromatic heterocycles. The van der Waals surface area contributed by atoms with Crippen molar-refractivity contribution in [1.29, 1.82) is 0 Å². The van der Waals surface area contributed by atoms with Gasteiger partial charge < -0.3 is 15.4 Å². The molecular formula is C7H8N2O4. The van der Waals surface area contributed by atoms with Gasteiger partial charge in [-0.15, -0.1) is 0 Å². The summed E-state index contributed by atoms with van der Waals surface area (Å²) >= 11 is 0. The van der Waals surface area contributed by atoms with Crippen molar-refractivity contribution in [3.63, 3.8) is 0 Å². The Morgan fingerprint density at radius 1 is 1.23 bits per heavy atom. The van der Waals surface area contributed by atoms with E-state index in [9.17, 15) is 14.4 Å². The van der Waals surface area contributed by atoms with E-state index in [1.54, 1.807) is 0 Å². The normalized spacial score (nSPS) is 15.1. The molecule has 0 atom stereocenters. The minimum Gasteiger partial charge on any atom is -0.466 e. The summed E-state index contributed by atoms with van der Waals surface area (Å²) in [6.45, 7) is 1.44. The summed E-state index contributed by atoms with van der Waals surface area (Å²) < 4.78 is 4.40. The number of carbonyl (C=O) groups excluding carboxylic acids is 3. The second-order valence-corrected chi connectivity index (χ2v) is 2.40. The van der Waals surface area contributed by atoms with Gasteiger partial charge in [-0.05, 0) is 6.92 Å². The zero-order valence-corrected chi connectivity index (χ0v) is 7.13. The predicted octanol–water partition coefficient (Wildman–Crippen LogP) is -1.36. The highest BCUT2D eigenvalue weighted by Crippen LogP contribution is 2.03. The maximum absolute atomic E-state index is 10.9. The first kappa shape index (κ1) is 9.24. The highest BCUT2D eigenvalue weighted by Gasteiger charge is 2.27. The smallest absolute Gasteiger partial charge is 0.337 e. The third-order valence-corrected chi connectivity index (χ3v) is 1.55. The number of methoxy groups -OCH3 is 1. The molecule has 2 N–H and O–H groups in total. The number of rotatable bonds is 1. The fourth-order valence-electron chi connectivity index (χ4n) is 0.814. The Labute approximate surface area is 73.9 Å². The van der Waals surface area contributed by atoms with Crippen LogP contribution in [0, 0.1) is 0 Å². The Balaban J connectivity index is 2.89. The van der Waals surface area contributed by atoms with Crippen LogP contribution in [-0.4, -0.2) is 24.9 Å². The molecule has 0 spiro atoms. The standard InChI is InChI=1S/C7H8N2O4/c1-3(7(12)13-2)4-8-5(10)6(11)9-4/h1-2H3,(H,8,10)(H,9,11). The zero-order valence-electron chi connectivity index (χ0n) is 7.13. The number of ether oxygens (including phenoxy) is 1. The fourth-order valence-corrected chi connectivity index (χ4v) is 0.814. The molecule has 70 valence electrons. The van der Waals surface area contributed by atoms with Gasteiger partial charge in [-0.3, -0.25) is 9.59 Å². The fraction of sp³-hybridized carbons (Fsp3) is 0.286. The maximum atomic E-state index is 10.9. The minimum absolute atomic E-state index is 0.0850. The SMILES string of the molecule is COC(=O)C(C)=C1NC(=O)C(=O)N1. The van der Waals surface area contributed by atoms with Gasteiger partial charge in [0.25, 0.3) is 0 Å². The molecule has 2 amide bonds. The molecular weight excluding hydrogens is 176 g/mol. The average Bonchev–Trinajstić information content (AvgIpc) is 2.44. The monoisotopic (exact) mass is 184 g/mol. The second-order valence-electron chi connectivity index (χ2n) is 2.40. The van der Waals surface area contributed by atoms with E-state index in [1.807, 2.05) is 0 Å². The molecule has 1 aliphatic rings. The van der Waals surface area contributed by atoms with Gasteiger partial charge in [-0.2, -0.15) is 0 Å². The number of amides is 2. The summed E-state index contributed by atoms with van der Waals surface area (Å²) in [6, 6.07) is 0. The summed E-state index contributed by atoms with van der Waals surface area (Å²) in [7, 11) is 1.21. The molecule has 0 aliphatic carbocycles. The third-order valence-electron chi connectivity index (χ3n) is 1.55. The van der Waals surface area contributed by atoms with Crippen LogP contribution in [0.3, 0.4) is 0 Å². The van der Waals surface area contributed by atoms with Crippen LogP contribution in [0.2, 0.25) is 0 Å². The molecule has 1 fully saturated rings. The van der Waals surface area contributed by atoms with Gasteiger partial charge in [0.15, 0.2) is 0 Å². The number of carbonyl (C=O) groups is 3. The molecule has 13 heavy (non-hydrogen) atoms. The number of nitrogens with one attached hydrogen (secondary N) is 2. The number of hydrogen-bond donors (Lipinski definition) is 2. The molecule has 6 nitrogen and oxygen atoms in total. The van der Waals surface area contributed by atoms with E-state index < -0.39 is 17.8 Å². The molecule has 6 heteroatoms. The van der Waals surface area contributed by atoms with E-state index in [0.717, 1.165) is 0 Å². The van der Waals surface area contributed by atoms with Crippen molar-refractivity contribution in [3.05, 3.63) is 11.4 Å². The summed E-state index contributed by atoms with van der Waals surface area (Å²) in [5.74, 6) is -2.07. The van der Waals surface area contributed by atoms with Crippen LogP contribution in [0.15, 0.2) is 11.4 Å². The lowest BCUT2D eigenvalue weighted by Gasteiger charge is -2.02. The molecule has 1 saturated heterocycles. The summed E-state index contributed by atoms with van der Waals surface area (Å²) in [4.78, 5) is 32.3. The van der Waals surface area contributed by atoms with Crippen molar-refractivity contribution in [3.8, 4) is 0 Å². The molecule has 0 saturated carbocycles. The quantitative estimate of drug-likeness (QED) is 0.299.